The van der Waals surface area contributed by atoms with Gasteiger partial charge in [-0.05, 0) is 15.9 Å². The Morgan fingerprint density at radius 3 is 2.08 bits per heavy atom. The summed E-state index contributed by atoms with van der Waals surface area (Å²) in [5.41, 5.74) is 5.36. The Bertz CT molecular complexity index is 237. The lowest BCUT2D eigenvalue weighted by Crippen LogP contribution is -1.89. The first kappa shape index (κ1) is 10.3. The van der Waals surface area contributed by atoms with Crippen molar-refractivity contribution in [2.24, 2.45) is 0 Å². The van der Waals surface area contributed by atoms with E-state index in [1.807, 2.05) is 0 Å². The number of rotatable bonds is 0. The number of nitrogen functional groups attached to an aromatic ring is 1. The molecule has 0 bridgehead atoms. The topological polar surface area (TPSA) is 46.2 Å². The van der Waals surface area contributed by atoms with Gasteiger partial charge in [-0.1, -0.05) is 34.8 Å². The van der Waals surface area contributed by atoms with Gasteiger partial charge in [0.2, 0.25) is 0 Å². The highest BCUT2D eigenvalue weighted by Gasteiger charge is 2.16. The van der Waals surface area contributed by atoms with Crippen molar-refractivity contribution in [2.75, 3.05) is 5.73 Å². The highest BCUT2D eigenvalue weighted by atomic mass is 79.9. The second-order valence-corrected chi connectivity index (χ2v) is 3.95. The summed E-state index contributed by atoms with van der Waals surface area (Å²) in [4.78, 5) is 0. The second kappa shape index (κ2) is 3.50. The fourth-order valence-electron chi connectivity index (χ4n) is 0.637. The molecule has 0 heterocycles. The molecule has 0 aliphatic heterocycles. The Morgan fingerprint density at radius 1 is 1.08 bits per heavy atom. The maximum atomic E-state index is 9.26. The molecule has 6 heteroatoms. The van der Waals surface area contributed by atoms with E-state index in [0.717, 1.165) is 0 Å². The summed E-state index contributed by atoms with van der Waals surface area (Å²) in [6.45, 7) is 0. The molecule has 0 radical (unpaired) electrons. The largest absolute Gasteiger partial charge is 0.504 e. The van der Waals surface area contributed by atoms with Gasteiger partial charge < -0.3 is 10.8 Å². The summed E-state index contributed by atoms with van der Waals surface area (Å²) in [7, 11) is 0. The summed E-state index contributed by atoms with van der Waals surface area (Å²) in [5.74, 6) is -0.266. The predicted octanol–water partition coefficient (Wildman–Crippen LogP) is 3.70. The van der Waals surface area contributed by atoms with E-state index in [-0.39, 0.29) is 26.5 Å². The minimum Gasteiger partial charge on any atom is -0.504 e. The number of halogens is 4. The number of phenols is 1. The third-order valence-electron chi connectivity index (χ3n) is 1.28. The van der Waals surface area contributed by atoms with Crippen molar-refractivity contribution in [3.8, 4) is 5.75 Å². The first-order chi connectivity index (χ1) is 5.46. The summed E-state index contributed by atoms with van der Waals surface area (Å²) < 4.78 is 0.336. The highest BCUT2D eigenvalue weighted by Crippen LogP contribution is 2.46. The van der Waals surface area contributed by atoms with Crippen LogP contribution in [-0.2, 0) is 0 Å². The zero-order chi connectivity index (χ0) is 9.46. The van der Waals surface area contributed by atoms with Crippen LogP contribution in [0.1, 0.15) is 0 Å². The lowest BCUT2D eigenvalue weighted by molar-refractivity contribution is 0.478. The third-order valence-corrected chi connectivity index (χ3v) is 3.76. The summed E-state index contributed by atoms with van der Waals surface area (Å²) in [6, 6.07) is 0. The van der Waals surface area contributed by atoms with E-state index in [2.05, 4.69) is 15.9 Å². The molecule has 0 aliphatic rings. The number of phenolic OH excluding ortho intramolecular Hbond substituents is 1. The summed E-state index contributed by atoms with van der Waals surface area (Å²) >= 11 is 20.1. The molecule has 0 unspecified atom stereocenters. The SMILES string of the molecule is Nc1c(O)c(Cl)c(Br)c(Cl)c1Cl. The molecule has 0 aliphatic carbocycles. The Labute approximate surface area is 92.3 Å². The molecular formula is C6H3BrCl3NO. The smallest absolute Gasteiger partial charge is 0.160 e. The van der Waals surface area contributed by atoms with E-state index < -0.39 is 0 Å². The highest BCUT2D eigenvalue weighted by molar-refractivity contribution is 9.10. The summed E-state index contributed by atoms with van der Waals surface area (Å²) in [6.07, 6.45) is 0. The van der Waals surface area contributed by atoms with Gasteiger partial charge in [-0.3, -0.25) is 0 Å². The number of aromatic hydroxyl groups is 1. The van der Waals surface area contributed by atoms with Crippen molar-refractivity contribution >= 4 is 56.4 Å². The molecule has 0 saturated carbocycles. The molecule has 12 heavy (non-hydrogen) atoms. The van der Waals surface area contributed by atoms with Gasteiger partial charge in [-0.2, -0.15) is 0 Å². The predicted molar refractivity (Wildman–Crippen MR) is 55.2 cm³/mol. The van der Waals surface area contributed by atoms with Crippen molar-refractivity contribution in [1.82, 2.24) is 0 Å². The molecule has 3 N–H and O–H groups in total. The molecule has 0 atom stereocenters. The van der Waals surface area contributed by atoms with Crippen molar-refractivity contribution < 1.29 is 5.11 Å². The molecule has 1 rings (SSSR count). The average molecular weight is 291 g/mol. The van der Waals surface area contributed by atoms with Gasteiger partial charge in [0.05, 0.1) is 20.2 Å². The number of nitrogens with two attached hydrogens (primary N) is 1. The van der Waals surface area contributed by atoms with E-state index in [0.29, 0.717) is 4.47 Å². The van der Waals surface area contributed by atoms with Crippen LogP contribution in [0.2, 0.25) is 15.1 Å². The number of anilines is 1. The Kier molecular flexibility index (Phi) is 2.99. The van der Waals surface area contributed by atoms with Crippen molar-refractivity contribution in [3.05, 3.63) is 19.5 Å². The van der Waals surface area contributed by atoms with E-state index >= 15 is 0 Å². The number of benzene rings is 1. The van der Waals surface area contributed by atoms with E-state index in [1.165, 1.54) is 0 Å². The molecule has 66 valence electrons. The van der Waals surface area contributed by atoms with Crippen LogP contribution in [-0.4, -0.2) is 5.11 Å². The monoisotopic (exact) mass is 289 g/mol. The van der Waals surface area contributed by atoms with Gasteiger partial charge in [-0.25, -0.2) is 0 Å². The molecule has 0 fully saturated rings. The third kappa shape index (κ3) is 1.46. The van der Waals surface area contributed by atoms with Crippen LogP contribution in [0.5, 0.6) is 5.75 Å². The van der Waals surface area contributed by atoms with Crippen LogP contribution in [0.25, 0.3) is 0 Å². The molecule has 2 nitrogen and oxygen atoms in total. The van der Waals surface area contributed by atoms with Crippen molar-refractivity contribution in [1.29, 1.82) is 0 Å². The van der Waals surface area contributed by atoms with Gasteiger partial charge in [0.15, 0.2) is 5.75 Å². The lowest BCUT2D eigenvalue weighted by atomic mass is 10.3. The summed E-state index contributed by atoms with van der Waals surface area (Å²) in [5, 5.41) is 9.60. The standard InChI is InChI=1S/C6H3BrCl3NO/c7-1-2(8)4(10)5(11)6(12)3(1)9/h12H,11H2. The zero-order valence-corrected chi connectivity index (χ0v) is 9.39. The Morgan fingerprint density at radius 2 is 1.58 bits per heavy atom. The van der Waals surface area contributed by atoms with Crippen LogP contribution in [0.4, 0.5) is 5.69 Å². The second-order valence-electron chi connectivity index (χ2n) is 2.02. The van der Waals surface area contributed by atoms with E-state index in [1.54, 1.807) is 0 Å². The minimum absolute atomic E-state index is 0.0186. The van der Waals surface area contributed by atoms with Crippen LogP contribution < -0.4 is 5.73 Å². The van der Waals surface area contributed by atoms with Crippen molar-refractivity contribution in [3.63, 3.8) is 0 Å². The molecule has 0 spiro atoms. The zero-order valence-electron chi connectivity index (χ0n) is 5.54. The first-order valence-corrected chi connectivity index (χ1v) is 4.70. The number of hydrogen-bond acceptors (Lipinski definition) is 2. The van der Waals surface area contributed by atoms with Crippen LogP contribution >= 0.6 is 50.7 Å². The van der Waals surface area contributed by atoms with Gasteiger partial charge in [-0.15, -0.1) is 0 Å². The fraction of sp³-hybridized carbons (Fsp3) is 0. The fourth-order valence-corrected chi connectivity index (χ4v) is 1.76. The van der Waals surface area contributed by atoms with Gasteiger partial charge in [0, 0.05) is 0 Å². The Hall–Kier alpha value is 0.170. The van der Waals surface area contributed by atoms with Gasteiger partial charge in [0.1, 0.15) is 5.02 Å². The minimum atomic E-state index is -0.266. The molecule has 0 amide bonds. The molecule has 1 aromatic rings. The maximum Gasteiger partial charge on any atom is 0.160 e. The normalized spacial score (nSPS) is 10.3. The van der Waals surface area contributed by atoms with E-state index in [4.69, 9.17) is 40.5 Å². The maximum absolute atomic E-state index is 9.26. The lowest BCUT2D eigenvalue weighted by Gasteiger charge is -2.07. The Balaban J connectivity index is 3.60. The van der Waals surface area contributed by atoms with Gasteiger partial charge >= 0.3 is 0 Å². The van der Waals surface area contributed by atoms with Crippen LogP contribution in [0.3, 0.4) is 0 Å². The van der Waals surface area contributed by atoms with E-state index in [9.17, 15) is 5.11 Å². The van der Waals surface area contributed by atoms with Crippen LogP contribution in [0.15, 0.2) is 4.47 Å². The average Bonchev–Trinajstić information content (AvgIpc) is 2.08. The molecular weight excluding hydrogens is 288 g/mol. The van der Waals surface area contributed by atoms with Crippen molar-refractivity contribution in [2.45, 2.75) is 0 Å². The first-order valence-electron chi connectivity index (χ1n) is 2.77. The number of hydrogen-bond donors (Lipinski definition) is 2. The molecule has 0 saturated heterocycles. The van der Waals surface area contributed by atoms with Gasteiger partial charge in [0.25, 0.3) is 0 Å². The molecule has 0 aromatic heterocycles. The quantitative estimate of drug-likeness (QED) is 0.331. The molecule has 1 aromatic carbocycles. The van der Waals surface area contributed by atoms with Crippen LogP contribution in [0, 0.1) is 0 Å².